The molecule has 0 bridgehead atoms. The Morgan fingerprint density at radius 1 is 1.08 bits per heavy atom. The smallest absolute Gasteiger partial charge is 0.247 e. The van der Waals surface area contributed by atoms with E-state index in [1.165, 1.54) is 49.1 Å². The Labute approximate surface area is 287 Å². The van der Waals surface area contributed by atoms with Crippen LogP contribution in [0.25, 0.3) is 4.91 Å². The van der Waals surface area contributed by atoms with E-state index < -0.39 is 60.4 Å². The molecule has 2 aliphatic rings. The minimum atomic E-state index is -4.06. The van der Waals surface area contributed by atoms with Crippen molar-refractivity contribution in [2.24, 2.45) is 5.73 Å². The zero-order chi connectivity index (χ0) is 34.8. The standard InChI is InChI=1S/C32H42F2N4O7S2.ClH/c1-5-38(29(39)27(36-30(40)31(2,3)35)20-45-19-21-9-14-25(33)26(34)17-21)18-24-28(22-10-12-23(13-11-22)46(4,41)42)47(43,44)37-32(24)15-7-6-8-16-32;/h9-14,17,27,37H,5-8,15-16,18-20,35H2,1-4H3,(H,36,40);1H/t27-;/m1./s1. The van der Waals surface area contributed by atoms with Gasteiger partial charge in [0.2, 0.25) is 21.8 Å². The molecule has 2 amide bonds. The fraction of sp³-hybridized carbons (Fsp3) is 0.500. The van der Waals surface area contributed by atoms with Crippen molar-refractivity contribution in [2.45, 2.75) is 81.5 Å². The number of carbonyl (C=O) groups excluding carboxylic acids is 2. The van der Waals surface area contributed by atoms with Gasteiger partial charge in [0.25, 0.3) is 0 Å². The van der Waals surface area contributed by atoms with E-state index in [2.05, 4.69) is 10.0 Å². The monoisotopic (exact) mass is 732 g/mol. The molecule has 2 aromatic rings. The number of carbonyl (C=O) groups is 2. The molecule has 0 saturated heterocycles. The number of ether oxygens (including phenoxy) is 1. The number of hydrogen-bond acceptors (Lipinski definition) is 8. The lowest BCUT2D eigenvalue weighted by atomic mass is 9.76. The topological polar surface area (TPSA) is 165 Å². The van der Waals surface area contributed by atoms with Gasteiger partial charge in [-0.1, -0.05) is 37.5 Å². The summed E-state index contributed by atoms with van der Waals surface area (Å²) in [6.45, 7) is 4.18. The third-order valence-electron chi connectivity index (χ3n) is 8.47. The van der Waals surface area contributed by atoms with Crippen molar-refractivity contribution in [3.05, 3.63) is 70.8 Å². The lowest BCUT2D eigenvalue weighted by Crippen LogP contribution is -2.58. The van der Waals surface area contributed by atoms with Crippen LogP contribution in [-0.2, 0) is 40.8 Å². The Balaban J connectivity index is 0.00000625. The van der Waals surface area contributed by atoms with Crippen LogP contribution in [0.4, 0.5) is 8.78 Å². The number of rotatable bonds is 12. The van der Waals surface area contributed by atoms with Crippen molar-refractivity contribution in [2.75, 3.05) is 26.0 Å². The fourth-order valence-electron chi connectivity index (χ4n) is 5.91. The zero-order valence-electron chi connectivity index (χ0n) is 27.3. The molecule has 0 unspecified atom stereocenters. The zero-order valence-corrected chi connectivity index (χ0v) is 29.8. The van der Waals surface area contributed by atoms with Crippen LogP contribution in [0.2, 0.25) is 0 Å². The summed E-state index contributed by atoms with van der Waals surface area (Å²) in [5.74, 6) is -3.27. The molecule has 2 aromatic carbocycles. The van der Waals surface area contributed by atoms with E-state index >= 15 is 0 Å². The number of sulfone groups is 1. The van der Waals surface area contributed by atoms with E-state index in [1.54, 1.807) is 6.92 Å². The highest BCUT2D eigenvalue weighted by molar-refractivity contribution is 7.99. The third-order valence-corrected chi connectivity index (χ3v) is 11.3. The Morgan fingerprint density at radius 2 is 1.71 bits per heavy atom. The first kappa shape index (κ1) is 39.5. The van der Waals surface area contributed by atoms with E-state index in [1.807, 2.05) is 0 Å². The molecule has 1 fully saturated rings. The molecule has 11 nitrogen and oxygen atoms in total. The average molecular weight is 733 g/mol. The van der Waals surface area contributed by atoms with Crippen molar-refractivity contribution in [1.29, 1.82) is 0 Å². The van der Waals surface area contributed by atoms with Gasteiger partial charge in [-0.05, 0) is 74.6 Å². The van der Waals surface area contributed by atoms with Gasteiger partial charge in [0.1, 0.15) is 6.04 Å². The van der Waals surface area contributed by atoms with Crippen molar-refractivity contribution >= 4 is 49.0 Å². The maximum Gasteiger partial charge on any atom is 0.247 e. The summed E-state index contributed by atoms with van der Waals surface area (Å²) in [5, 5.41) is 2.63. The van der Waals surface area contributed by atoms with Crippen LogP contribution in [0.15, 0.2) is 52.9 Å². The number of halogens is 3. The van der Waals surface area contributed by atoms with Crippen molar-refractivity contribution in [1.82, 2.24) is 14.9 Å². The molecular weight excluding hydrogens is 690 g/mol. The van der Waals surface area contributed by atoms with Gasteiger partial charge in [0, 0.05) is 19.3 Å². The first-order chi connectivity index (χ1) is 21.9. The number of nitrogens with one attached hydrogen (secondary N) is 2. The van der Waals surface area contributed by atoms with Crippen LogP contribution in [-0.4, -0.2) is 76.6 Å². The van der Waals surface area contributed by atoms with Crippen LogP contribution in [0.5, 0.6) is 0 Å². The summed E-state index contributed by atoms with van der Waals surface area (Å²) >= 11 is 0. The van der Waals surface area contributed by atoms with Crippen molar-refractivity contribution in [3.63, 3.8) is 0 Å². The lowest BCUT2D eigenvalue weighted by molar-refractivity contribution is -0.139. The number of nitrogens with zero attached hydrogens (tertiary/aromatic N) is 1. The van der Waals surface area contributed by atoms with E-state index in [-0.39, 0.29) is 54.1 Å². The summed E-state index contributed by atoms with van der Waals surface area (Å²) in [4.78, 5) is 28.5. The summed E-state index contributed by atoms with van der Waals surface area (Å²) in [6.07, 6.45) is 4.52. The fourth-order valence-corrected chi connectivity index (χ4v) is 8.52. The van der Waals surface area contributed by atoms with E-state index in [4.69, 9.17) is 10.5 Å². The third kappa shape index (κ3) is 8.98. The number of nitrogens with two attached hydrogens (primary N) is 1. The first-order valence-electron chi connectivity index (χ1n) is 15.4. The highest BCUT2D eigenvalue weighted by Crippen LogP contribution is 2.46. The minimum absolute atomic E-state index is 0. The Bertz CT molecular complexity index is 1760. The molecule has 1 spiro atoms. The largest absolute Gasteiger partial charge is 0.374 e. The second-order valence-corrected chi connectivity index (χ2v) is 16.4. The molecule has 16 heteroatoms. The summed E-state index contributed by atoms with van der Waals surface area (Å²) < 4.78 is 87.3. The molecule has 0 radical (unpaired) electrons. The van der Waals surface area contributed by atoms with Gasteiger partial charge in [0.15, 0.2) is 21.5 Å². The first-order valence-corrected chi connectivity index (χ1v) is 18.7. The Kier molecular flexibility index (Phi) is 12.6. The van der Waals surface area contributed by atoms with E-state index in [0.29, 0.717) is 24.0 Å². The van der Waals surface area contributed by atoms with Crippen LogP contribution in [0.3, 0.4) is 0 Å². The van der Waals surface area contributed by atoms with E-state index in [0.717, 1.165) is 37.7 Å². The molecular formula is C32H43ClF2N4O7S2. The SMILES string of the molecule is CCN(CC1=C(c2ccc(S(C)(=O)=O)cc2)S(=O)(=O)NC12CCCCC2)C(=O)[C@@H](COCc1ccc(F)c(F)c1)NC(=O)C(C)(C)N.Cl. The molecule has 1 aliphatic heterocycles. The maximum atomic E-state index is 14.1. The van der Waals surface area contributed by atoms with Gasteiger partial charge in [0.05, 0.1) is 34.1 Å². The Hall–Kier alpha value is -2.95. The predicted octanol–water partition coefficient (Wildman–Crippen LogP) is 3.42. The van der Waals surface area contributed by atoms with Crippen LogP contribution < -0.4 is 15.8 Å². The lowest BCUT2D eigenvalue weighted by Gasteiger charge is -2.38. The second kappa shape index (κ2) is 15.3. The van der Waals surface area contributed by atoms with Crippen molar-refractivity contribution in [3.8, 4) is 0 Å². The van der Waals surface area contributed by atoms with Gasteiger partial charge in [-0.3, -0.25) is 9.59 Å². The molecule has 1 saturated carbocycles. The quantitative estimate of drug-likeness (QED) is 0.299. The Morgan fingerprint density at radius 3 is 2.25 bits per heavy atom. The van der Waals surface area contributed by atoms with Gasteiger partial charge >= 0.3 is 0 Å². The minimum Gasteiger partial charge on any atom is -0.374 e. The molecule has 266 valence electrons. The summed E-state index contributed by atoms with van der Waals surface area (Å²) in [6, 6.07) is 7.61. The van der Waals surface area contributed by atoms with Crippen LogP contribution in [0.1, 0.15) is 64.0 Å². The number of likely N-dealkylation sites (N-methyl/N-ethyl adjacent to an activating group) is 1. The molecule has 1 heterocycles. The van der Waals surface area contributed by atoms with Gasteiger partial charge in [-0.2, -0.15) is 0 Å². The molecule has 4 N–H and O–H groups in total. The van der Waals surface area contributed by atoms with Gasteiger partial charge < -0.3 is 20.7 Å². The highest BCUT2D eigenvalue weighted by atomic mass is 35.5. The van der Waals surface area contributed by atoms with Gasteiger partial charge in [-0.15, -0.1) is 12.4 Å². The van der Waals surface area contributed by atoms with Gasteiger partial charge in [-0.25, -0.2) is 30.3 Å². The number of amides is 2. The number of benzene rings is 2. The average Bonchev–Trinajstić information content (AvgIpc) is 3.20. The molecule has 48 heavy (non-hydrogen) atoms. The molecule has 4 rings (SSSR count). The summed E-state index contributed by atoms with van der Waals surface area (Å²) in [5.41, 5.74) is 4.77. The predicted molar refractivity (Wildman–Crippen MR) is 180 cm³/mol. The van der Waals surface area contributed by atoms with Crippen molar-refractivity contribution < 1.29 is 39.9 Å². The highest BCUT2D eigenvalue weighted by Gasteiger charge is 2.50. The van der Waals surface area contributed by atoms with Crippen LogP contribution in [0, 0.1) is 11.6 Å². The normalized spacial score (nSPS) is 17.9. The molecule has 1 aliphatic carbocycles. The number of sulfonamides is 1. The molecule has 0 aromatic heterocycles. The van der Waals surface area contributed by atoms with E-state index in [9.17, 15) is 35.2 Å². The number of hydrogen-bond donors (Lipinski definition) is 3. The van der Waals surface area contributed by atoms with Crippen LogP contribution >= 0.6 is 12.4 Å². The second-order valence-electron chi connectivity index (χ2n) is 12.7. The summed E-state index contributed by atoms with van der Waals surface area (Å²) in [7, 11) is -7.59. The molecule has 1 atom stereocenters. The maximum absolute atomic E-state index is 14.1.